The van der Waals surface area contributed by atoms with Gasteiger partial charge in [0.15, 0.2) is 11.5 Å². The topological polar surface area (TPSA) is 76.8 Å². The Hall–Kier alpha value is -1.93. The molecule has 1 aromatic rings. The average Bonchev–Trinajstić information content (AvgIpc) is 2.97. The van der Waals surface area contributed by atoms with Gasteiger partial charge in [0.05, 0.1) is 13.7 Å². The van der Waals surface area contributed by atoms with E-state index in [0.29, 0.717) is 26.1 Å². The molecule has 3 N–H and O–H groups in total. The van der Waals surface area contributed by atoms with Crippen molar-refractivity contribution in [1.29, 1.82) is 0 Å². The van der Waals surface area contributed by atoms with E-state index < -0.39 is 6.61 Å². The summed E-state index contributed by atoms with van der Waals surface area (Å²) in [5.74, 6) is 0.204. The summed E-state index contributed by atoms with van der Waals surface area (Å²) in [6.07, 6.45) is 1.57. The number of hydrogen-bond acceptors (Lipinski definition) is 5. The quantitative estimate of drug-likeness (QED) is 0.690. The van der Waals surface area contributed by atoms with Gasteiger partial charge in [0, 0.05) is 13.1 Å². The molecule has 146 valence electrons. The summed E-state index contributed by atoms with van der Waals surface area (Å²) >= 11 is 0. The van der Waals surface area contributed by atoms with Crippen LogP contribution in [0.25, 0.3) is 0 Å². The molecule has 0 bridgehead atoms. The van der Waals surface area contributed by atoms with Crippen molar-refractivity contribution in [2.45, 2.75) is 26.4 Å². The smallest absolute Gasteiger partial charge is 0.387 e. The molecule has 1 aliphatic rings. The van der Waals surface area contributed by atoms with Crippen LogP contribution in [0, 0.1) is 5.41 Å². The van der Waals surface area contributed by atoms with Crippen LogP contribution in [0.5, 0.6) is 11.5 Å². The lowest BCUT2D eigenvalue weighted by molar-refractivity contribution is -0.122. The molecule has 1 saturated heterocycles. The standard InChI is InChI=1S/C18H27F2N3O3/c1-18(11-21)6-8-23(12-18)10-16(24)22-7-5-13-3-4-14(26-17(19)20)15(9-13)25-2/h3-4,9,17H,5-8,10-12,21H2,1-2H3,(H,22,24). The highest BCUT2D eigenvalue weighted by Crippen LogP contribution is 2.30. The van der Waals surface area contributed by atoms with Crippen molar-refractivity contribution in [3.8, 4) is 11.5 Å². The van der Waals surface area contributed by atoms with Crippen LogP contribution in [-0.2, 0) is 11.2 Å². The molecule has 1 aliphatic heterocycles. The summed E-state index contributed by atoms with van der Waals surface area (Å²) in [6.45, 7) is 2.39. The van der Waals surface area contributed by atoms with Crippen molar-refractivity contribution >= 4 is 5.91 Å². The lowest BCUT2D eigenvalue weighted by atomic mass is 9.90. The Morgan fingerprint density at radius 3 is 2.81 bits per heavy atom. The first-order valence-corrected chi connectivity index (χ1v) is 8.66. The minimum atomic E-state index is -2.90. The molecule has 1 atom stereocenters. The van der Waals surface area contributed by atoms with Crippen LogP contribution in [0.15, 0.2) is 18.2 Å². The minimum absolute atomic E-state index is 0.00716. The molecule has 1 aromatic carbocycles. The number of rotatable bonds is 9. The average molecular weight is 371 g/mol. The number of alkyl halides is 2. The number of nitrogens with two attached hydrogens (primary N) is 1. The fraction of sp³-hybridized carbons (Fsp3) is 0.611. The van der Waals surface area contributed by atoms with Gasteiger partial charge in [0.2, 0.25) is 5.91 Å². The van der Waals surface area contributed by atoms with E-state index in [-0.39, 0.29) is 22.8 Å². The number of nitrogens with one attached hydrogen (secondary N) is 1. The number of likely N-dealkylation sites (tertiary alicyclic amines) is 1. The van der Waals surface area contributed by atoms with Crippen molar-refractivity contribution in [1.82, 2.24) is 10.2 Å². The van der Waals surface area contributed by atoms with Crippen LogP contribution in [-0.4, -0.2) is 57.3 Å². The predicted molar refractivity (Wildman–Crippen MR) is 94.6 cm³/mol. The molecule has 1 amide bonds. The molecule has 26 heavy (non-hydrogen) atoms. The van der Waals surface area contributed by atoms with Gasteiger partial charge in [-0.3, -0.25) is 9.69 Å². The maximum atomic E-state index is 12.3. The van der Waals surface area contributed by atoms with E-state index in [1.807, 2.05) is 0 Å². The predicted octanol–water partition coefficient (Wildman–Crippen LogP) is 1.63. The van der Waals surface area contributed by atoms with Crippen LogP contribution in [0.4, 0.5) is 8.78 Å². The summed E-state index contributed by atoms with van der Waals surface area (Å²) in [5.41, 5.74) is 6.74. The third-order valence-corrected chi connectivity index (χ3v) is 4.68. The second kappa shape index (κ2) is 9.14. The maximum Gasteiger partial charge on any atom is 0.387 e. The lowest BCUT2D eigenvalue weighted by Gasteiger charge is -2.22. The number of ether oxygens (including phenoxy) is 2. The highest BCUT2D eigenvalue weighted by atomic mass is 19.3. The van der Waals surface area contributed by atoms with Crippen molar-refractivity contribution in [2.75, 3.05) is 39.8 Å². The van der Waals surface area contributed by atoms with Crippen molar-refractivity contribution in [3.05, 3.63) is 23.8 Å². The van der Waals surface area contributed by atoms with Gasteiger partial charge in [-0.1, -0.05) is 13.0 Å². The molecule has 0 aromatic heterocycles. The van der Waals surface area contributed by atoms with Crippen molar-refractivity contribution in [2.24, 2.45) is 11.1 Å². The highest BCUT2D eigenvalue weighted by Gasteiger charge is 2.32. The SMILES string of the molecule is COc1cc(CCNC(=O)CN2CCC(C)(CN)C2)ccc1OC(F)F. The number of nitrogens with zero attached hydrogens (tertiary/aromatic N) is 1. The summed E-state index contributed by atoms with van der Waals surface area (Å²) in [7, 11) is 1.39. The fourth-order valence-corrected chi connectivity index (χ4v) is 3.09. The lowest BCUT2D eigenvalue weighted by Crippen LogP contribution is -2.38. The van der Waals surface area contributed by atoms with Gasteiger partial charge in [0.25, 0.3) is 0 Å². The molecular formula is C18H27F2N3O3. The first-order valence-electron chi connectivity index (χ1n) is 8.66. The third-order valence-electron chi connectivity index (χ3n) is 4.68. The second-order valence-corrected chi connectivity index (χ2v) is 6.94. The second-order valence-electron chi connectivity index (χ2n) is 6.94. The van der Waals surface area contributed by atoms with Gasteiger partial charge in [-0.25, -0.2) is 0 Å². The summed E-state index contributed by atoms with van der Waals surface area (Å²) in [4.78, 5) is 14.2. The molecule has 0 spiro atoms. The van der Waals surface area contributed by atoms with Crippen LogP contribution in [0.1, 0.15) is 18.9 Å². The molecule has 0 saturated carbocycles. The van der Waals surface area contributed by atoms with Crippen molar-refractivity contribution in [3.63, 3.8) is 0 Å². The third kappa shape index (κ3) is 5.81. The van der Waals surface area contributed by atoms with Gasteiger partial charge in [0.1, 0.15) is 0 Å². The van der Waals surface area contributed by atoms with Gasteiger partial charge < -0.3 is 20.5 Å². The zero-order valence-corrected chi connectivity index (χ0v) is 15.3. The number of hydrogen-bond donors (Lipinski definition) is 2. The number of methoxy groups -OCH3 is 1. The Morgan fingerprint density at radius 2 is 2.19 bits per heavy atom. The van der Waals surface area contributed by atoms with Crippen LogP contribution >= 0.6 is 0 Å². The van der Waals surface area contributed by atoms with Gasteiger partial charge in [-0.05, 0) is 49.0 Å². The molecule has 1 fully saturated rings. The van der Waals surface area contributed by atoms with E-state index in [2.05, 4.69) is 21.9 Å². The van der Waals surface area contributed by atoms with Crippen molar-refractivity contribution < 1.29 is 23.0 Å². The molecular weight excluding hydrogens is 344 g/mol. The molecule has 1 heterocycles. The number of amides is 1. The summed E-state index contributed by atoms with van der Waals surface area (Å²) in [5, 5.41) is 2.88. The number of carbonyl (C=O) groups excluding carboxylic acids is 1. The molecule has 0 radical (unpaired) electrons. The van der Waals surface area contributed by atoms with Gasteiger partial charge in [-0.15, -0.1) is 0 Å². The summed E-state index contributed by atoms with van der Waals surface area (Å²) < 4.78 is 34.1. The number of benzene rings is 1. The largest absolute Gasteiger partial charge is 0.493 e. The Morgan fingerprint density at radius 1 is 1.42 bits per heavy atom. The van der Waals surface area contributed by atoms with Crippen LogP contribution < -0.4 is 20.5 Å². The monoisotopic (exact) mass is 371 g/mol. The van der Waals surface area contributed by atoms with E-state index in [4.69, 9.17) is 10.5 Å². The Balaban J connectivity index is 1.78. The molecule has 6 nitrogen and oxygen atoms in total. The van der Waals surface area contributed by atoms with Gasteiger partial charge >= 0.3 is 6.61 Å². The molecule has 2 rings (SSSR count). The molecule has 1 unspecified atom stereocenters. The van der Waals surface area contributed by atoms with E-state index in [1.54, 1.807) is 12.1 Å². The fourth-order valence-electron chi connectivity index (χ4n) is 3.09. The van der Waals surface area contributed by atoms with Crippen LogP contribution in [0.2, 0.25) is 0 Å². The number of halogens is 2. The molecule has 8 heteroatoms. The summed E-state index contributed by atoms with van der Waals surface area (Å²) in [6, 6.07) is 4.76. The number of carbonyl (C=O) groups is 1. The van der Waals surface area contributed by atoms with E-state index >= 15 is 0 Å². The zero-order chi connectivity index (χ0) is 19.2. The first-order chi connectivity index (χ1) is 12.3. The highest BCUT2D eigenvalue weighted by molar-refractivity contribution is 5.78. The first kappa shape index (κ1) is 20.4. The normalized spacial score (nSPS) is 20.4. The molecule has 0 aliphatic carbocycles. The van der Waals surface area contributed by atoms with Crippen LogP contribution in [0.3, 0.4) is 0 Å². The Labute approximate surface area is 152 Å². The minimum Gasteiger partial charge on any atom is -0.493 e. The van der Waals surface area contributed by atoms with E-state index in [9.17, 15) is 13.6 Å². The zero-order valence-electron chi connectivity index (χ0n) is 15.3. The van der Waals surface area contributed by atoms with E-state index in [1.165, 1.54) is 13.2 Å². The Bertz CT molecular complexity index is 615. The Kier molecular flexibility index (Phi) is 7.16. The van der Waals surface area contributed by atoms with E-state index in [0.717, 1.165) is 25.1 Å². The maximum absolute atomic E-state index is 12.3. The van der Waals surface area contributed by atoms with Gasteiger partial charge in [-0.2, -0.15) is 8.78 Å².